The van der Waals surface area contributed by atoms with E-state index in [1.165, 1.54) is 30.9 Å². The van der Waals surface area contributed by atoms with Crippen LogP contribution in [0.1, 0.15) is 11.1 Å². The summed E-state index contributed by atoms with van der Waals surface area (Å²) in [5, 5.41) is 11.1. The Kier molecular flexibility index (Phi) is 6.27. The van der Waals surface area contributed by atoms with E-state index in [0.717, 1.165) is 20.8 Å². The van der Waals surface area contributed by atoms with Crippen LogP contribution in [-0.4, -0.2) is 38.1 Å². The van der Waals surface area contributed by atoms with Crippen LogP contribution in [0.3, 0.4) is 0 Å². The van der Waals surface area contributed by atoms with Crippen LogP contribution < -0.4 is 4.74 Å². The van der Waals surface area contributed by atoms with Crippen molar-refractivity contribution < 1.29 is 18.1 Å². The van der Waals surface area contributed by atoms with Crippen LogP contribution in [0.2, 0.25) is 0 Å². The van der Waals surface area contributed by atoms with Crippen molar-refractivity contribution in [2.75, 3.05) is 20.4 Å². The largest absolute Gasteiger partial charge is 0.496 e. The van der Waals surface area contributed by atoms with Gasteiger partial charge in [-0.3, -0.25) is 10.1 Å². The molecular formula is C17H20N2O5S2. The van der Waals surface area contributed by atoms with Gasteiger partial charge in [-0.05, 0) is 36.9 Å². The molecular weight excluding hydrogens is 376 g/mol. The molecule has 0 heterocycles. The Labute approximate surface area is 157 Å². The van der Waals surface area contributed by atoms with Crippen molar-refractivity contribution in [3.05, 3.63) is 57.6 Å². The molecule has 0 saturated carbocycles. The predicted octanol–water partition coefficient (Wildman–Crippen LogP) is 3.45. The molecule has 0 atom stereocenters. The van der Waals surface area contributed by atoms with E-state index in [0.29, 0.717) is 11.3 Å². The highest BCUT2D eigenvalue weighted by Gasteiger charge is 2.24. The highest BCUT2D eigenvalue weighted by atomic mass is 32.2. The minimum Gasteiger partial charge on any atom is -0.496 e. The van der Waals surface area contributed by atoms with Crippen LogP contribution >= 0.6 is 11.8 Å². The maximum Gasteiger partial charge on any atom is 0.273 e. The second kappa shape index (κ2) is 8.07. The second-order valence-electron chi connectivity index (χ2n) is 5.66. The quantitative estimate of drug-likeness (QED) is 0.404. The number of nitro benzene ring substituents is 1. The average molecular weight is 396 g/mol. The lowest BCUT2D eigenvalue weighted by Crippen LogP contribution is -2.26. The molecule has 0 N–H and O–H groups in total. The van der Waals surface area contributed by atoms with Gasteiger partial charge in [0.05, 0.1) is 16.9 Å². The summed E-state index contributed by atoms with van der Waals surface area (Å²) in [6.07, 6.45) is 1.93. The minimum absolute atomic E-state index is 0.106. The Bertz CT molecular complexity index is 929. The molecule has 0 unspecified atom stereocenters. The Hall–Kier alpha value is -2.10. The first-order chi connectivity index (χ1) is 12.2. The summed E-state index contributed by atoms with van der Waals surface area (Å²) in [7, 11) is -0.862. The molecule has 26 heavy (non-hydrogen) atoms. The first-order valence-electron chi connectivity index (χ1n) is 7.63. The zero-order chi connectivity index (χ0) is 19.5. The molecule has 0 amide bonds. The van der Waals surface area contributed by atoms with Gasteiger partial charge >= 0.3 is 0 Å². The summed E-state index contributed by atoms with van der Waals surface area (Å²) in [6.45, 7) is 1.69. The molecule has 0 aliphatic carbocycles. The summed E-state index contributed by atoms with van der Waals surface area (Å²) in [5.74, 6) is 0.673. The molecule has 2 aromatic rings. The summed E-state index contributed by atoms with van der Waals surface area (Å²) >= 11 is 1.53. The van der Waals surface area contributed by atoms with E-state index >= 15 is 0 Å². The van der Waals surface area contributed by atoms with Gasteiger partial charge in [0.1, 0.15) is 5.75 Å². The van der Waals surface area contributed by atoms with Crippen LogP contribution in [0.25, 0.3) is 0 Å². The predicted molar refractivity (Wildman–Crippen MR) is 101 cm³/mol. The Morgan fingerprint density at radius 3 is 2.50 bits per heavy atom. The van der Waals surface area contributed by atoms with E-state index in [2.05, 4.69) is 0 Å². The van der Waals surface area contributed by atoms with Crippen LogP contribution in [0, 0.1) is 17.0 Å². The van der Waals surface area contributed by atoms with Crippen molar-refractivity contribution in [1.29, 1.82) is 0 Å². The summed E-state index contributed by atoms with van der Waals surface area (Å²) in [5.41, 5.74) is 0.951. The number of thioether (sulfide) groups is 1. The topological polar surface area (TPSA) is 89.8 Å². The molecule has 7 nitrogen and oxygen atoms in total. The maximum atomic E-state index is 12.8. The number of sulfonamides is 1. The Morgan fingerprint density at radius 2 is 1.92 bits per heavy atom. The smallest absolute Gasteiger partial charge is 0.273 e. The van der Waals surface area contributed by atoms with Crippen LogP contribution in [0.15, 0.2) is 46.2 Å². The molecule has 0 bridgehead atoms. The third-order valence-electron chi connectivity index (χ3n) is 3.94. The second-order valence-corrected chi connectivity index (χ2v) is 8.55. The number of nitro groups is 1. The van der Waals surface area contributed by atoms with Crippen LogP contribution in [0.5, 0.6) is 5.75 Å². The van der Waals surface area contributed by atoms with Gasteiger partial charge in [-0.15, -0.1) is 11.8 Å². The summed E-state index contributed by atoms with van der Waals surface area (Å²) < 4.78 is 32.0. The third-order valence-corrected chi connectivity index (χ3v) is 6.52. The highest BCUT2D eigenvalue weighted by Crippen LogP contribution is 2.30. The molecule has 0 radical (unpaired) electrons. The number of aryl methyl sites for hydroxylation is 1. The monoisotopic (exact) mass is 396 g/mol. The first-order valence-corrected chi connectivity index (χ1v) is 10.3. The van der Waals surface area contributed by atoms with Crippen molar-refractivity contribution in [3.8, 4) is 5.75 Å². The molecule has 0 aromatic heterocycles. The standard InChI is InChI=1S/C17H20N2O5S2/c1-12-5-7-14(10-15(12)19(20)21)26(22,23)18(2)11-13-6-8-17(25-4)16(9-13)24-3/h5-10H,11H2,1-4H3. The highest BCUT2D eigenvalue weighted by molar-refractivity contribution is 7.98. The molecule has 140 valence electrons. The number of ether oxygens (including phenoxy) is 1. The number of methoxy groups -OCH3 is 1. The van der Waals surface area contributed by atoms with Crippen molar-refractivity contribution in [1.82, 2.24) is 4.31 Å². The van der Waals surface area contributed by atoms with E-state index in [1.807, 2.05) is 18.4 Å². The van der Waals surface area contributed by atoms with Crippen LogP contribution in [-0.2, 0) is 16.6 Å². The van der Waals surface area contributed by atoms with E-state index in [1.54, 1.807) is 20.1 Å². The zero-order valence-electron chi connectivity index (χ0n) is 14.9. The van der Waals surface area contributed by atoms with Crippen molar-refractivity contribution in [2.24, 2.45) is 0 Å². The molecule has 2 aromatic carbocycles. The van der Waals surface area contributed by atoms with Gasteiger partial charge in [-0.25, -0.2) is 8.42 Å². The number of nitrogens with zero attached hydrogens (tertiary/aromatic N) is 2. The van der Waals surface area contributed by atoms with E-state index < -0.39 is 14.9 Å². The fourth-order valence-corrected chi connectivity index (χ4v) is 4.17. The number of rotatable bonds is 7. The lowest BCUT2D eigenvalue weighted by Gasteiger charge is -2.18. The lowest BCUT2D eigenvalue weighted by atomic mass is 10.2. The molecule has 0 aliphatic heterocycles. The number of hydrogen-bond acceptors (Lipinski definition) is 6. The van der Waals surface area contributed by atoms with Gasteiger partial charge in [-0.2, -0.15) is 4.31 Å². The number of benzene rings is 2. The van der Waals surface area contributed by atoms with Gasteiger partial charge < -0.3 is 4.74 Å². The Balaban J connectivity index is 2.32. The van der Waals surface area contributed by atoms with Crippen molar-refractivity contribution in [3.63, 3.8) is 0 Å². The SMILES string of the molecule is COc1cc(CN(C)S(=O)(=O)c2ccc(C)c([N+](=O)[O-])c2)ccc1SC. The molecule has 0 fully saturated rings. The van der Waals surface area contributed by atoms with Gasteiger partial charge in [0.15, 0.2) is 0 Å². The summed E-state index contributed by atoms with van der Waals surface area (Å²) in [4.78, 5) is 11.3. The van der Waals surface area contributed by atoms with Crippen molar-refractivity contribution >= 4 is 27.5 Å². The van der Waals surface area contributed by atoms with E-state index in [-0.39, 0.29) is 17.1 Å². The average Bonchev–Trinajstić information content (AvgIpc) is 2.61. The van der Waals surface area contributed by atoms with E-state index in [9.17, 15) is 18.5 Å². The molecule has 0 spiro atoms. The van der Waals surface area contributed by atoms with Crippen molar-refractivity contribution in [2.45, 2.75) is 23.3 Å². The van der Waals surface area contributed by atoms with Gasteiger partial charge in [0, 0.05) is 30.1 Å². The van der Waals surface area contributed by atoms with Gasteiger partial charge in [0.25, 0.3) is 5.69 Å². The summed E-state index contributed by atoms with van der Waals surface area (Å²) in [6, 6.07) is 9.41. The van der Waals surface area contributed by atoms with Gasteiger partial charge in [-0.1, -0.05) is 12.1 Å². The lowest BCUT2D eigenvalue weighted by molar-refractivity contribution is -0.385. The first kappa shape index (κ1) is 20.2. The van der Waals surface area contributed by atoms with E-state index in [4.69, 9.17) is 4.74 Å². The zero-order valence-corrected chi connectivity index (χ0v) is 16.6. The fraction of sp³-hybridized carbons (Fsp3) is 0.294. The fourth-order valence-electron chi connectivity index (χ4n) is 2.45. The van der Waals surface area contributed by atoms with Crippen LogP contribution in [0.4, 0.5) is 5.69 Å². The van der Waals surface area contributed by atoms with Gasteiger partial charge in [0.2, 0.25) is 10.0 Å². The maximum absolute atomic E-state index is 12.8. The molecule has 0 aliphatic rings. The normalized spacial score (nSPS) is 11.6. The third kappa shape index (κ3) is 4.17. The number of hydrogen-bond donors (Lipinski definition) is 0. The molecule has 0 saturated heterocycles. The molecule has 2 rings (SSSR count). The molecule has 9 heteroatoms. The minimum atomic E-state index is -3.86. The Morgan fingerprint density at radius 1 is 1.23 bits per heavy atom.